The summed E-state index contributed by atoms with van der Waals surface area (Å²) in [6.07, 6.45) is 0. The number of likely N-dealkylation sites (tertiary alicyclic amines) is 1. The second-order valence-corrected chi connectivity index (χ2v) is 3.98. The molecule has 0 spiro atoms. The van der Waals surface area contributed by atoms with Crippen LogP contribution < -0.4 is 5.73 Å². The third-order valence-electron chi connectivity index (χ3n) is 3.10. The Bertz CT molecular complexity index is 162. The molecule has 64 valence electrons. The summed E-state index contributed by atoms with van der Waals surface area (Å²) >= 11 is 0. The topological polar surface area (TPSA) is 38.5 Å². The molecule has 2 heterocycles. The summed E-state index contributed by atoms with van der Waals surface area (Å²) < 4.78 is 5.45. The van der Waals surface area contributed by atoms with Gasteiger partial charge in [-0.15, -0.1) is 0 Å². The van der Waals surface area contributed by atoms with Gasteiger partial charge in [-0.2, -0.15) is 0 Å². The number of nitrogens with two attached hydrogens (primary N) is 1. The second kappa shape index (κ2) is 2.44. The predicted molar refractivity (Wildman–Crippen MR) is 43.3 cm³/mol. The first-order valence-electron chi connectivity index (χ1n) is 4.23. The summed E-state index contributed by atoms with van der Waals surface area (Å²) in [6.45, 7) is 4.85. The molecule has 0 amide bonds. The fourth-order valence-electron chi connectivity index (χ4n) is 2.39. The molecule has 0 radical (unpaired) electrons. The molecule has 2 aliphatic heterocycles. The van der Waals surface area contributed by atoms with Crippen molar-refractivity contribution < 1.29 is 4.74 Å². The van der Waals surface area contributed by atoms with Crippen LogP contribution >= 0.6 is 0 Å². The molecule has 2 aliphatic rings. The van der Waals surface area contributed by atoms with Crippen LogP contribution in [0.15, 0.2) is 0 Å². The Morgan fingerprint density at radius 2 is 2.55 bits per heavy atom. The summed E-state index contributed by atoms with van der Waals surface area (Å²) in [6, 6.07) is 0. The Hall–Kier alpha value is -0.120. The van der Waals surface area contributed by atoms with Crippen LogP contribution in [-0.4, -0.2) is 44.8 Å². The Kier molecular flexibility index (Phi) is 1.67. The van der Waals surface area contributed by atoms with Crippen molar-refractivity contribution in [1.82, 2.24) is 4.90 Å². The van der Waals surface area contributed by atoms with Gasteiger partial charge in [-0.25, -0.2) is 0 Å². The summed E-state index contributed by atoms with van der Waals surface area (Å²) in [7, 11) is 2.16. The zero-order valence-corrected chi connectivity index (χ0v) is 7.05. The molecular weight excluding hydrogens is 140 g/mol. The third kappa shape index (κ3) is 0.991. The normalized spacial score (nSPS) is 44.7. The molecule has 2 saturated heterocycles. The molecule has 0 aromatic heterocycles. The number of nitrogens with zero attached hydrogens (tertiary/aromatic N) is 1. The van der Waals surface area contributed by atoms with Crippen LogP contribution in [0.2, 0.25) is 0 Å². The summed E-state index contributed by atoms with van der Waals surface area (Å²) in [5.41, 5.74) is 6.07. The van der Waals surface area contributed by atoms with Gasteiger partial charge in [0.15, 0.2) is 0 Å². The molecule has 11 heavy (non-hydrogen) atoms. The van der Waals surface area contributed by atoms with Crippen molar-refractivity contribution in [3.63, 3.8) is 0 Å². The van der Waals surface area contributed by atoms with Crippen molar-refractivity contribution in [3.8, 4) is 0 Å². The van der Waals surface area contributed by atoms with Gasteiger partial charge in [0.1, 0.15) is 0 Å². The van der Waals surface area contributed by atoms with Gasteiger partial charge < -0.3 is 15.4 Å². The fraction of sp³-hybridized carbons (Fsp3) is 1.00. The summed E-state index contributed by atoms with van der Waals surface area (Å²) in [5, 5.41) is 0. The van der Waals surface area contributed by atoms with Gasteiger partial charge in [0.05, 0.1) is 13.2 Å². The zero-order chi connectivity index (χ0) is 7.90. The number of rotatable bonds is 1. The lowest BCUT2D eigenvalue weighted by atomic mass is 9.81. The van der Waals surface area contributed by atoms with Crippen molar-refractivity contribution >= 4 is 0 Å². The van der Waals surface area contributed by atoms with E-state index in [-0.39, 0.29) is 0 Å². The van der Waals surface area contributed by atoms with Crippen LogP contribution in [0.4, 0.5) is 0 Å². The second-order valence-electron chi connectivity index (χ2n) is 3.98. The standard InChI is InChI=1S/C8H16N2O/c1-10-2-7-3-11-6-8(7,4-9)5-10/h7H,2-6,9H2,1H3/t7-,8+/m1/s1. The minimum atomic E-state index is 0.300. The third-order valence-corrected chi connectivity index (χ3v) is 3.10. The highest BCUT2D eigenvalue weighted by Crippen LogP contribution is 2.39. The van der Waals surface area contributed by atoms with Gasteiger partial charge in [0.25, 0.3) is 0 Å². The van der Waals surface area contributed by atoms with Crippen LogP contribution in [-0.2, 0) is 4.74 Å². The first-order chi connectivity index (χ1) is 5.27. The van der Waals surface area contributed by atoms with E-state index in [2.05, 4.69) is 11.9 Å². The van der Waals surface area contributed by atoms with Gasteiger partial charge >= 0.3 is 0 Å². The van der Waals surface area contributed by atoms with E-state index in [0.717, 1.165) is 32.8 Å². The average Bonchev–Trinajstić information content (AvgIpc) is 2.43. The van der Waals surface area contributed by atoms with E-state index in [4.69, 9.17) is 10.5 Å². The van der Waals surface area contributed by atoms with Gasteiger partial charge in [0, 0.05) is 31.0 Å². The van der Waals surface area contributed by atoms with E-state index in [1.165, 1.54) is 0 Å². The quantitative estimate of drug-likeness (QED) is 0.557. The number of fused-ring (bicyclic) bond motifs is 1. The SMILES string of the molecule is CN1C[C@@H]2COC[C@]2(CN)C1. The molecule has 0 unspecified atom stereocenters. The maximum absolute atomic E-state index is 5.77. The van der Waals surface area contributed by atoms with Crippen LogP contribution in [0, 0.1) is 11.3 Å². The van der Waals surface area contributed by atoms with Gasteiger partial charge in [-0.05, 0) is 7.05 Å². The highest BCUT2D eigenvalue weighted by molar-refractivity contribution is 4.99. The highest BCUT2D eigenvalue weighted by Gasteiger charge is 2.48. The van der Waals surface area contributed by atoms with Gasteiger partial charge in [-0.3, -0.25) is 0 Å². The zero-order valence-electron chi connectivity index (χ0n) is 7.05. The van der Waals surface area contributed by atoms with Crippen molar-refractivity contribution in [2.45, 2.75) is 0 Å². The lowest BCUT2D eigenvalue weighted by Gasteiger charge is -2.24. The van der Waals surface area contributed by atoms with Crippen molar-refractivity contribution in [2.24, 2.45) is 17.1 Å². The number of hydrogen-bond acceptors (Lipinski definition) is 3. The van der Waals surface area contributed by atoms with E-state index in [9.17, 15) is 0 Å². The van der Waals surface area contributed by atoms with Gasteiger partial charge in [0.2, 0.25) is 0 Å². The molecule has 0 aliphatic carbocycles. The molecule has 3 heteroatoms. The highest BCUT2D eigenvalue weighted by atomic mass is 16.5. The Balaban J connectivity index is 2.15. The summed E-state index contributed by atoms with van der Waals surface area (Å²) in [4.78, 5) is 2.36. The molecule has 3 nitrogen and oxygen atoms in total. The van der Waals surface area contributed by atoms with Gasteiger partial charge in [-0.1, -0.05) is 0 Å². The van der Waals surface area contributed by atoms with Crippen molar-refractivity contribution in [3.05, 3.63) is 0 Å². The lowest BCUT2D eigenvalue weighted by Crippen LogP contribution is -2.37. The van der Waals surface area contributed by atoms with Crippen LogP contribution in [0.5, 0.6) is 0 Å². The first kappa shape index (κ1) is 7.53. The Morgan fingerprint density at radius 3 is 3.18 bits per heavy atom. The minimum absolute atomic E-state index is 0.300. The van der Waals surface area contributed by atoms with E-state index >= 15 is 0 Å². The van der Waals surface area contributed by atoms with Crippen LogP contribution in [0.1, 0.15) is 0 Å². The maximum atomic E-state index is 5.77. The van der Waals surface area contributed by atoms with E-state index in [1.54, 1.807) is 0 Å². The number of ether oxygens (including phenoxy) is 1. The smallest absolute Gasteiger partial charge is 0.0551 e. The van der Waals surface area contributed by atoms with Crippen LogP contribution in [0.25, 0.3) is 0 Å². The average molecular weight is 156 g/mol. The number of hydrogen-bond donors (Lipinski definition) is 1. The molecule has 0 aromatic rings. The monoisotopic (exact) mass is 156 g/mol. The maximum Gasteiger partial charge on any atom is 0.0551 e. The Labute approximate surface area is 67.5 Å². The predicted octanol–water partition coefficient (Wildman–Crippen LogP) is -0.477. The lowest BCUT2D eigenvalue weighted by molar-refractivity contribution is 0.138. The van der Waals surface area contributed by atoms with Crippen molar-refractivity contribution in [2.75, 3.05) is 39.9 Å². The molecule has 0 aromatic carbocycles. The fourth-order valence-corrected chi connectivity index (χ4v) is 2.39. The van der Waals surface area contributed by atoms with E-state index < -0.39 is 0 Å². The molecular formula is C8H16N2O. The summed E-state index contributed by atoms with van der Waals surface area (Å²) in [5.74, 6) is 0.692. The molecule has 2 atom stereocenters. The molecule has 0 bridgehead atoms. The first-order valence-corrected chi connectivity index (χ1v) is 4.23. The van der Waals surface area contributed by atoms with E-state index in [1.807, 2.05) is 0 Å². The van der Waals surface area contributed by atoms with E-state index in [0.29, 0.717) is 11.3 Å². The largest absolute Gasteiger partial charge is 0.380 e. The molecule has 2 rings (SSSR count). The van der Waals surface area contributed by atoms with Crippen molar-refractivity contribution in [1.29, 1.82) is 0 Å². The van der Waals surface area contributed by atoms with Crippen LogP contribution in [0.3, 0.4) is 0 Å². The Morgan fingerprint density at radius 1 is 1.73 bits per heavy atom. The molecule has 2 fully saturated rings. The molecule has 2 N–H and O–H groups in total. The molecule has 0 saturated carbocycles. The minimum Gasteiger partial charge on any atom is -0.380 e.